The van der Waals surface area contributed by atoms with Crippen molar-refractivity contribution in [3.63, 3.8) is 0 Å². The van der Waals surface area contributed by atoms with Gasteiger partial charge < -0.3 is 5.32 Å². The summed E-state index contributed by atoms with van der Waals surface area (Å²) in [6, 6.07) is 3.96. The minimum atomic E-state index is 0. The molecule has 0 saturated carbocycles. The fraction of sp³-hybridized carbons (Fsp3) is 0.500. The molecule has 1 aromatic heterocycles. The van der Waals surface area contributed by atoms with Crippen molar-refractivity contribution < 1.29 is 0 Å². The van der Waals surface area contributed by atoms with Crippen molar-refractivity contribution >= 4 is 40.9 Å². The number of aromatic nitrogens is 1. The van der Waals surface area contributed by atoms with E-state index in [2.05, 4.69) is 36.1 Å². The quantitative estimate of drug-likeness (QED) is 0.496. The fourth-order valence-corrected chi connectivity index (χ4v) is 1.73. The molecule has 0 aliphatic heterocycles. The van der Waals surface area contributed by atoms with Gasteiger partial charge in [-0.25, -0.2) is 0 Å². The minimum absolute atomic E-state index is 0. The molecule has 0 aliphatic rings. The number of halogens is 1. The Morgan fingerprint density at radius 2 is 2.18 bits per heavy atom. The molecule has 0 radical (unpaired) electrons. The summed E-state index contributed by atoms with van der Waals surface area (Å²) in [5.74, 6) is 0. The second kappa shape index (κ2) is 7.92. The van der Waals surface area contributed by atoms with E-state index in [4.69, 9.17) is 0 Å². The summed E-state index contributed by atoms with van der Waals surface area (Å²) >= 11 is 1.63. The summed E-state index contributed by atoms with van der Waals surface area (Å²) in [7, 11) is 0. The van der Waals surface area contributed by atoms with E-state index in [1.807, 2.05) is 24.6 Å². The predicted octanol–water partition coefficient (Wildman–Crippen LogP) is 3.31. The number of nitrogens with zero attached hydrogens (tertiary/aromatic N) is 2. The number of amidine groups is 1. The van der Waals surface area contributed by atoms with Gasteiger partial charge in [0.1, 0.15) is 0 Å². The third kappa shape index (κ3) is 7.59. The lowest BCUT2D eigenvalue weighted by atomic mass is 10.1. The van der Waals surface area contributed by atoms with E-state index in [1.54, 1.807) is 18.0 Å². The van der Waals surface area contributed by atoms with Crippen molar-refractivity contribution in [1.82, 2.24) is 10.3 Å². The zero-order valence-electron chi connectivity index (χ0n) is 10.7. The molecule has 0 unspecified atom stereocenters. The Kier molecular flexibility index (Phi) is 7.78. The molecule has 0 saturated heterocycles. The van der Waals surface area contributed by atoms with E-state index in [-0.39, 0.29) is 29.5 Å². The summed E-state index contributed by atoms with van der Waals surface area (Å²) in [5.41, 5.74) is 1.18. The molecule has 1 heterocycles. The highest BCUT2D eigenvalue weighted by Crippen LogP contribution is 2.06. The average Bonchev–Trinajstić information content (AvgIpc) is 2.24. The Balaban J connectivity index is 0.00000256. The summed E-state index contributed by atoms with van der Waals surface area (Å²) in [5, 5.41) is 4.34. The second-order valence-corrected chi connectivity index (χ2v) is 5.36. The van der Waals surface area contributed by atoms with Gasteiger partial charge in [-0.05, 0) is 38.7 Å². The molecule has 17 heavy (non-hydrogen) atoms. The largest absolute Gasteiger partial charge is 0.360 e. The number of thioether (sulfide) groups is 1. The van der Waals surface area contributed by atoms with Gasteiger partial charge in [0.25, 0.3) is 0 Å². The Bertz CT molecular complexity index is 347. The highest BCUT2D eigenvalue weighted by atomic mass is 127. The van der Waals surface area contributed by atoms with E-state index in [0.29, 0.717) is 6.54 Å². The molecule has 1 aromatic rings. The van der Waals surface area contributed by atoms with E-state index in [9.17, 15) is 0 Å². The lowest BCUT2D eigenvalue weighted by Gasteiger charge is -2.22. The molecule has 3 nitrogen and oxygen atoms in total. The third-order valence-corrected chi connectivity index (χ3v) is 2.42. The molecule has 96 valence electrons. The SMILES string of the molecule is CSC(=NCc1cccnc1)NC(C)(C)C.I. The summed E-state index contributed by atoms with van der Waals surface area (Å²) < 4.78 is 0. The second-order valence-electron chi connectivity index (χ2n) is 4.56. The fourth-order valence-electron chi connectivity index (χ4n) is 1.13. The highest BCUT2D eigenvalue weighted by Gasteiger charge is 2.11. The maximum atomic E-state index is 4.53. The lowest BCUT2D eigenvalue weighted by Crippen LogP contribution is -2.39. The van der Waals surface area contributed by atoms with Crippen LogP contribution in [-0.4, -0.2) is 21.9 Å². The Morgan fingerprint density at radius 1 is 1.47 bits per heavy atom. The van der Waals surface area contributed by atoms with Crippen molar-refractivity contribution in [2.45, 2.75) is 32.9 Å². The predicted molar refractivity (Wildman–Crippen MR) is 87.2 cm³/mol. The number of nitrogens with one attached hydrogen (secondary N) is 1. The third-order valence-electron chi connectivity index (χ3n) is 1.80. The Labute approximate surface area is 125 Å². The maximum absolute atomic E-state index is 4.53. The molecule has 5 heteroatoms. The number of aliphatic imine (C=N–C) groups is 1. The van der Waals surface area contributed by atoms with Gasteiger partial charge in [0, 0.05) is 17.9 Å². The van der Waals surface area contributed by atoms with Crippen LogP contribution < -0.4 is 5.32 Å². The monoisotopic (exact) mass is 365 g/mol. The average molecular weight is 365 g/mol. The normalized spacial score (nSPS) is 11.9. The van der Waals surface area contributed by atoms with Crippen LogP contribution in [0.2, 0.25) is 0 Å². The highest BCUT2D eigenvalue weighted by molar-refractivity contribution is 14.0. The van der Waals surface area contributed by atoms with Gasteiger partial charge in [-0.1, -0.05) is 17.8 Å². The summed E-state index contributed by atoms with van der Waals surface area (Å²) in [4.78, 5) is 8.59. The smallest absolute Gasteiger partial charge is 0.157 e. The standard InChI is InChI=1S/C12H19N3S.HI/c1-12(2,3)15-11(16-4)14-9-10-6-5-7-13-8-10;/h5-8H,9H2,1-4H3,(H,14,15);1H. The van der Waals surface area contributed by atoms with Gasteiger partial charge in [-0.3, -0.25) is 9.98 Å². The van der Waals surface area contributed by atoms with Crippen molar-refractivity contribution in [1.29, 1.82) is 0 Å². The van der Waals surface area contributed by atoms with Crippen LogP contribution in [0.1, 0.15) is 26.3 Å². The van der Waals surface area contributed by atoms with Crippen molar-refractivity contribution in [3.05, 3.63) is 30.1 Å². The first kappa shape index (κ1) is 16.7. The lowest BCUT2D eigenvalue weighted by molar-refractivity contribution is 0.514. The van der Waals surface area contributed by atoms with E-state index < -0.39 is 0 Å². The van der Waals surface area contributed by atoms with Gasteiger partial charge in [0.15, 0.2) is 5.17 Å². The minimum Gasteiger partial charge on any atom is -0.360 e. The zero-order chi connectivity index (χ0) is 12.0. The first-order valence-electron chi connectivity index (χ1n) is 5.27. The summed E-state index contributed by atoms with van der Waals surface area (Å²) in [6.45, 7) is 7.06. The first-order chi connectivity index (χ1) is 7.51. The molecule has 0 fully saturated rings. The molecular weight excluding hydrogens is 345 g/mol. The summed E-state index contributed by atoms with van der Waals surface area (Å²) in [6.07, 6.45) is 5.65. The van der Waals surface area contributed by atoms with Crippen LogP contribution in [0, 0.1) is 0 Å². The van der Waals surface area contributed by atoms with Crippen molar-refractivity contribution in [3.8, 4) is 0 Å². The van der Waals surface area contributed by atoms with Crippen LogP contribution in [0.4, 0.5) is 0 Å². The van der Waals surface area contributed by atoms with Gasteiger partial charge in [-0.15, -0.1) is 24.0 Å². The van der Waals surface area contributed by atoms with Crippen LogP contribution in [0.5, 0.6) is 0 Å². The number of hydrogen-bond acceptors (Lipinski definition) is 3. The van der Waals surface area contributed by atoms with Gasteiger partial charge in [0.05, 0.1) is 6.54 Å². The topological polar surface area (TPSA) is 37.3 Å². The molecule has 0 amide bonds. The molecule has 1 rings (SSSR count). The van der Waals surface area contributed by atoms with Crippen LogP contribution in [0.3, 0.4) is 0 Å². The molecule has 0 spiro atoms. The van der Waals surface area contributed by atoms with Gasteiger partial charge >= 0.3 is 0 Å². The van der Waals surface area contributed by atoms with E-state index in [0.717, 1.165) is 10.7 Å². The molecule has 0 aliphatic carbocycles. The van der Waals surface area contributed by atoms with Crippen LogP contribution >= 0.6 is 35.7 Å². The van der Waals surface area contributed by atoms with E-state index in [1.165, 1.54) is 0 Å². The van der Waals surface area contributed by atoms with Crippen molar-refractivity contribution in [2.75, 3.05) is 6.26 Å². The van der Waals surface area contributed by atoms with Crippen LogP contribution in [0.15, 0.2) is 29.5 Å². The molecular formula is C12H20IN3S. The molecule has 0 aromatic carbocycles. The number of hydrogen-bond donors (Lipinski definition) is 1. The Hall–Kier alpha value is -0.300. The van der Waals surface area contributed by atoms with Gasteiger partial charge in [0.2, 0.25) is 0 Å². The van der Waals surface area contributed by atoms with Crippen LogP contribution in [0.25, 0.3) is 0 Å². The van der Waals surface area contributed by atoms with Crippen molar-refractivity contribution in [2.24, 2.45) is 4.99 Å². The van der Waals surface area contributed by atoms with Crippen LogP contribution in [-0.2, 0) is 6.54 Å². The number of rotatable bonds is 2. The van der Waals surface area contributed by atoms with E-state index >= 15 is 0 Å². The maximum Gasteiger partial charge on any atom is 0.157 e. The zero-order valence-corrected chi connectivity index (χ0v) is 13.9. The molecule has 1 N–H and O–H groups in total. The number of pyridine rings is 1. The first-order valence-corrected chi connectivity index (χ1v) is 6.49. The van der Waals surface area contributed by atoms with Gasteiger partial charge in [-0.2, -0.15) is 0 Å². The Morgan fingerprint density at radius 3 is 2.65 bits per heavy atom. The molecule has 0 atom stereocenters. The molecule has 0 bridgehead atoms.